The van der Waals surface area contributed by atoms with Crippen molar-refractivity contribution in [2.24, 2.45) is 0 Å². The summed E-state index contributed by atoms with van der Waals surface area (Å²) in [5, 5.41) is 4.91. The molecule has 1 aromatic heterocycles. The van der Waals surface area contributed by atoms with Crippen LogP contribution in [-0.4, -0.2) is 23.8 Å². The highest BCUT2D eigenvalue weighted by molar-refractivity contribution is 5.96. The molecular formula is C16H15F2N3O2. The minimum absolute atomic E-state index is 0.186. The molecule has 0 aliphatic rings. The van der Waals surface area contributed by atoms with Crippen LogP contribution in [0.15, 0.2) is 36.5 Å². The maximum Gasteiger partial charge on any atom is 0.252 e. The lowest BCUT2D eigenvalue weighted by Gasteiger charge is -2.13. The Labute approximate surface area is 131 Å². The molecule has 7 heteroatoms. The largest absolute Gasteiger partial charge is 0.355 e. The van der Waals surface area contributed by atoms with Crippen molar-refractivity contribution in [1.82, 2.24) is 10.3 Å². The van der Waals surface area contributed by atoms with E-state index in [0.717, 1.165) is 12.1 Å². The zero-order chi connectivity index (χ0) is 17.0. The van der Waals surface area contributed by atoms with E-state index < -0.39 is 23.5 Å². The molecule has 1 atom stereocenters. The van der Waals surface area contributed by atoms with Crippen LogP contribution in [0.25, 0.3) is 0 Å². The second-order valence-electron chi connectivity index (χ2n) is 4.86. The number of hydrogen-bond donors (Lipinski definition) is 2. The molecule has 2 N–H and O–H groups in total. The van der Waals surface area contributed by atoms with Crippen molar-refractivity contribution in [3.05, 3.63) is 59.3 Å². The molecule has 5 nitrogen and oxygen atoms in total. The summed E-state index contributed by atoms with van der Waals surface area (Å²) >= 11 is 0. The van der Waals surface area contributed by atoms with Gasteiger partial charge in [0.1, 0.15) is 17.5 Å². The molecular weight excluding hydrogens is 304 g/mol. The number of amides is 2. The third-order valence-electron chi connectivity index (χ3n) is 3.33. The fourth-order valence-corrected chi connectivity index (χ4v) is 2.04. The van der Waals surface area contributed by atoms with Gasteiger partial charge in [-0.3, -0.25) is 9.59 Å². The second kappa shape index (κ2) is 6.95. The van der Waals surface area contributed by atoms with Crippen molar-refractivity contribution in [1.29, 1.82) is 0 Å². The number of nitrogens with zero attached hydrogens (tertiary/aromatic N) is 1. The summed E-state index contributed by atoms with van der Waals surface area (Å²) in [7, 11) is 1.49. The monoisotopic (exact) mass is 319 g/mol. The molecule has 0 fully saturated rings. The molecule has 0 saturated heterocycles. The quantitative estimate of drug-likeness (QED) is 0.909. The van der Waals surface area contributed by atoms with Crippen LogP contribution >= 0.6 is 0 Å². The van der Waals surface area contributed by atoms with E-state index in [9.17, 15) is 18.4 Å². The fraction of sp³-hybridized carbons (Fsp3) is 0.188. The number of carbonyl (C=O) groups excluding carboxylic acids is 2. The van der Waals surface area contributed by atoms with E-state index in [4.69, 9.17) is 0 Å². The van der Waals surface area contributed by atoms with Gasteiger partial charge in [-0.25, -0.2) is 13.8 Å². The van der Waals surface area contributed by atoms with Crippen molar-refractivity contribution in [2.75, 3.05) is 12.4 Å². The molecule has 0 bridgehead atoms. The van der Waals surface area contributed by atoms with Gasteiger partial charge in [0.15, 0.2) is 0 Å². The lowest BCUT2D eigenvalue weighted by molar-refractivity contribution is -0.117. The van der Waals surface area contributed by atoms with Gasteiger partial charge in [-0.05, 0) is 31.2 Å². The first-order valence-corrected chi connectivity index (χ1v) is 6.87. The van der Waals surface area contributed by atoms with Crippen LogP contribution in [0.5, 0.6) is 0 Å². The van der Waals surface area contributed by atoms with Gasteiger partial charge in [0.2, 0.25) is 5.91 Å². The molecule has 0 saturated carbocycles. The lowest BCUT2D eigenvalue weighted by atomic mass is 9.99. The minimum Gasteiger partial charge on any atom is -0.355 e. The maximum absolute atomic E-state index is 13.7. The third kappa shape index (κ3) is 3.68. The zero-order valence-electron chi connectivity index (χ0n) is 12.6. The summed E-state index contributed by atoms with van der Waals surface area (Å²) in [6, 6.07) is 6.34. The Hall–Kier alpha value is -2.83. The van der Waals surface area contributed by atoms with Crippen LogP contribution < -0.4 is 10.6 Å². The smallest absolute Gasteiger partial charge is 0.252 e. The van der Waals surface area contributed by atoms with Crippen molar-refractivity contribution >= 4 is 17.6 Å². The van der Waals surface area contributed by atoms with Gasteiger partial charge >= 0.3 is 0 Å². The number of aromatic nitrogens is 1. The number of pyridine rings is 1. The summed E-state index contributed by atoms with van der Waals surface area (Å²) in [4.78, 5) is 27.5. The normalized spacial score (nSPS) is 11.7. The Bertz CT molecular complexity index is 712. The van der Waals surface area contributed by atoms with Gasteiger partial charge in [-0.2, -0.15) is 0 Å². The van der Waals surface area contributed by atoms with Crippen molar-refractivity contribution in [3.8, 4) is 0 Å². The lowest BCUT2D eigenvalue weighted by Crippen LogP contribution is -2.22. The molecule has 0 spiro atoms. The summed E-state index contributed by atoms with van der Waals surface area (Å²) in [6.07, 6.45) is 1.29. The molecule has 1 aromatic carbocycles. The maximum atomic E-state index is 13.7. The SMILES string of the molecule is CNC(=O)c1ccc(NC(=O)C(C)c2c(F)cccc2F)nc1. The van der Waals surface area contributed by atoms with Crippen molar-refractivity contribution in [2.45, 2.75) is 12.8 Å². The fourth-order valence-electron chi connectivity index (χ4n) is 2.04. The highest BCUT2D eigenvalue weighted by atomic mass is 19.1. The predicted octanol–water partition coefficient (Wildman–Crippen LogP) is 2.46. The van der Waals surface area contributed by atoms with Crippen molar-refractivity contribution in [3.63, 3.8) is 0 Å². The number of hydrogen-bond acceptors (Lipinski definition) is 3. The Morgan fingerprint density at radius 2 is 1.78 bits per heavy atom. The third-order valence-corrected chi connectivity index (χ3v) is 3.33. The molecule has 23 heavy (non-hydrogen) atoms. The van der Waals surface area contributed by atoms with E-state index in [-0.39, 0.29) is 17.3 Å². The average Bonchev–Trinajstić information content (AvgIpc) is 2.54. The Balaban J connectivity index is 2.14. The molecule has 0 aliphatic heterocycles. The van der Waals surface area contributed by atoms with Gasteiger partial charge in [-0.15, -0.1) is 0 Å². The Kier molecular flexibility index (Phi) is 5.00. The first-order chi connectivity index (χ1) is 10.9. The second-order valence-corrected chi connectivity index (χ2v) is 4.86. The molecule has 1 heterocycles. The summed E-state index contributed by atoms with van der Waals surface area (Å²) < 4.78 is 27.4. The van der Waals surface area contributed by atoms with Crippen LogP contribution in [0.3, 0.4) is 0 Å². The van der Waals surface area contributed by atoms with Gasteiger partial charge in [0.05, 0.1) is 11.5 Å². The number of anilines is 1. The van der Waals surface area contributed by atoms with Gasteiger partial charge in [-0.1, -0.05) is 6.07 Å². The van der Waals surface area contributed by atoms with Crippen LogP contribution in [0.2, 0.25) is 0 Å². The first-order valence-electron chi connectivity index (χ1n) is 6.87. The summed E-state index contributed by atoms with van der Waals surface area (Å²) in [6.45, 7) is 1.40. The van der Waals surface area contributed by atoms with E-state index in [1.165, 1.54) is 38.4 Å². The molecule has 2 aromatic rings. The predicted molar refractivity (Wildman–Crippen MR) is 81.0 cm³/mol. The van der Waals surface area contributed by atoms with E-state index in [2.05, 4.69) is 15.6 Å². The number of rotatable bonds is 4. The molecule has 2 rings (SSSR count). The molecule has 0 aliphatic carbocycles. The summed E-state index contributed by atoms with van der Waals surface area (Å²) in [5.74, 6) is -3.32. The molecule has 120 valence electrons. The van der Waals surface area contributed by atoms with Crippen LogP contribution in [0.4, 0.5) is 14.6 Å². The minimum atomic E-state index is -1.03. The number of nitrogens with one attached hydrogen (secondary N) is 2. The standard InChI is InChI=1S/C16H15F2N3O2/c1-9(14-11(17)4-3-5-12(14)18)15(22)21-13-7-6-10(8-20-13)16(23)19-2/h3-9H,1-2H3,(H,19,23)(H,20,21,22). The molecule has 2 amide bonds. The van der Waals surface area contributed by atoms with E-state index >= 15 is 0 Å². The molecule has 0 radical (unpaired) electrons. The topological polar surface area (TPSA) is 71.1 Å². The Morgan fingerprint density at radius 1 is 1.13 bits per heavy atom. The van der Waals surface area contributed by atoms with Crippen LogP contribution in [0.1, 0.15) is 28.8 Å². The average molecular weight is 319 g/mol. The number of halogens is 2. The highest BCUT2D eigenvalue weighted by Gasteiger charge is 2.22. The zero-order valence-corrected chi connectivity index (χ0v) is 12.6. The van der Waals surface area contributed by atoms with E-state index in [1.807, 2.05) is 0 Å². The number of carbonyl (C=O) groups is 2. The van der Waals surface area contributed by atoms with Gasteiger partial charge in [0, 0.05) is 18.8 Å². The van der Waals surface area contributed by atoms with Gasteiger partial charge < -0.3 is 10.6 Å². The number of benzene rings is 1. The van der Waals surface area contributed by atoms with Crippen LogP contribution in [-0.2, 0) is 4.79 Å². The van der Waals surface area contributed by atoms with Crippen molar-refractivity contribution < 1.29 is 18.4 Å². The first kappa shape index (κ1) is 16.5. The van der Waals surface area contributed by atoms with Gasteiger partial charge in [0.25, 0.3) is 5.91 Å². The Morgan fingerprint density at radius 3 is 2.30 bits per heavy atom. The highest BCUT2D eigenvalue weighted by Crippen LogP contribution is 2.23. The van der Waals surface area contributed by atoms with Crippen LogP contribution in [0, 0.1) is 11.6 Å². The van der Waals surface area contributed by atoms with E-state index in [0.29, 0.717) is 5.56 Å². The summed E-state index contributed by atoms with van der Waals surface area (Å²) in [5.41, 5.74) is 0.0330. The molecule has 1 unspecified atom stereocenters. The van der Waals surface area contributed by atoms with E-state index in [1.54, 1.807) is 0 Å².